The molecule has 0 radical (unpaired) electrons. The predicted octanol–water partition coefficient (Wildman–Crippen LogP) is 3.40. The predicted molar refractivity (Wildman–Crippen MR) is 83.9 cm³/mol. The monoisotopic (exact) mass is 283 g/mol. The zero-order valence-electron chi connectivity index (χ0n) is 12.5. The molecule has 4 nitrogen and oxygen atoms in total. The Bertz CT molecular complexity index is 678. The van der Waals surface area contributed by atoms with Crippen LogP contribution in [0.1, 0.15) is 43.6 Å². The summed E-state index contributed by atoms with van der Waals surface area (Å²) >= 11 is 0. The Kier molecular flexibility index (Phi) is 3.78. The number of hydrogen-bond acceptors (Lipinski definition) is 2. The number of fused-ring (bicyclic) bond motifs is 1. The number of imidazole rings is 1. The molecule has 0 spiro atoms. The van der Waals surface area contributed by atoms with E-state index in [1.807, 2.05) is 6.07 Å². The number of amides is 1. The lowest BCUT2D eigenvalue weighted by molar-refractivity contribution is -0.125. The summed E-state index contributed by atoms with van der Waals surface area (Å²) in [7, 11) is 0. The maximum absolute atomic E-state index is 12.3. The van der Waals surface area contributed by atoms with Crippen LogP contribution in [0.4, 0.5) is 0 Å². The van der Waals surface area contributed by atoms with Crippen LogP contribution in [0, 0.1) is 12.8 Å². The number of nitrogens with one attached hydrogen (secondary N) is 2. The molecule has 2 aromatic rings. The van der Waals surface area contributed by atoms with Crippen LogP contribution in [-0.2, 0) is 4.79 Å². The third kappa shape index (κ3) is 2.84. The summed E-state index contributed by atoms with van der Waals surface area (Å²) in [5.74, 6) is 1.06. The van der Waals surface area contributed by atoms with E-state index in [1.54, 1.807) is 0 Å². The topological polar surface area (TPSA) is 57.8 Å². The number of nitrogens with zero attached hydrogens (tertiary/aromatic N) is 1. The second-order valence-electron chi connectivity index (χ2n) is 5.75. The maximum atomic E-state index is 12.3. The van der Waals surface area contributed by atoms with Crippen molar-refractivity contribution < 1.29 is 4.79 Å². The summed E-state index contributed by atoms with van der Waals surface area (Å²) in [5, 5.41) is 3.13. The molecule has 1 aliphatic carbocycles. The fourth-order valence-electron chi connectivity index (χ4n) is 2.79. The molecule has 2 N–H and O–H groups in total. The van der Waals surface area contributed by atoms with Crippen LogP contribution in [0.25, 0.3) is 11.0 Å². The molecular formula is C17H21N3O. The Morgan fingerprint density at radius 3 is 2.90 bits per heavy atom. The van der Waals surface area contributed by atoms with Crippen molar-refractivity contribution in [2.75, 3.05) is 0 Å². The minimum absolute atomic E-state index is 0.0502. The first-order chi connectivity index (χ1) is 10.2. The lowest BCUT2D eigenvalue weighted by atomic mass is 10.1. The average molecular weight is 283 g/mol. The van der Waals surface area contributed by atoms with E-state index < -0.39 is 0 Å². The highest BCUT2D eigenvalue weighted by atomic mass is 16.1. The largest absolute Gasteiger partial charge is 0.346 e. The zero-order chi connectivity index (χ0) is 14.8. The third-order valence-electron chi connectivity index (χ3n) is 4.09. The quantitative estimate of drug-likeness (QED) is 0.845. The Balaban J connectivity index is 1.79. The van der Waals surface area contributed by atoms with Crippen molar-refractivity contribution in [1.82, 2.24) is 15.3 Å². The van der Waals surface area contributed by atoms with Crippen molar-refractivity contribution in [3.8, 4) is 0 Å². The maximum Gasteiger partial charge on any atom is 0.224 e. The van der Waals surface area contributed by atoms with Crippen LogP contribution in [0.5, 0.6) is 0 Å². The Hall–Kier alpha value is -2.10. The van der Waals surface area contributed by atoms with Crippen LogP contribution >= 0.6 is 0 Å². The molecule has 3 rings (SSSR count). The van der Waals surface area contributed by atoms with E-state index in [0.29, 0.717) is 0 Å². The minimum atomic E-state index is -0.0502. The molecule has 0 bridgehead atoms. The van der Waals surface area contributed by atoms with Crippen LogP contribution < -0.4 is 5.32 Å². The molecule has 1 amide bonds. The third-order valence-corrected chi connectivity index (χ3v) is 4.09. The van der Waals surface area contributed by atoms with Gasteiger partial charge in [0, 0.05) is 5.92 Å². The number of rotatable bonds is 4. The zero-order valence-corrected chi connectivity index (χ0v) is 12.5. The van der Waals surface area contributed by atoms with Gasteiger partial charge in [0.2, 0.25) is 5.91 Å². The van der Waals surface area contributed by atoms with Gasteiger partial charge in [-0.1, -0.05) is 25.1 Å². The molecule has 1 aromatic carbocycles. The van der Waals surface area contributed by atoms with Gasteiger partial charge >= 0.3 is 0 Å². The van der Waals surface area contributed by atoms with E-state index in [4.69, 9.17) is 0 Å². The molecule has 110 valence electrons. The molecule has 21 heavy (non-hydrogen) atoms. The van der Waals surface area contributed by atoms with Gasteiger partial charge in [-0.15, -0.1) is 0 Å². The molecule has 0 unspecified atom stereocenters. The molecule has 0 aliphatic heterocycles. The second-order valence-corrected chi connectivity index (χ2v) is 5.75. The van der Waals surface area contributed by atoms with Crippen LogP contribution in [-0.4, -0.2) is 15.9 Å². The minimum Gasteiger partial charge on any atom is -0.346 e. The Morgan fingerprint density at radius 2 is 2.19 bits per heavy atom. The molecule has 1 aliphatic rings. The van der Waals surface area contributed by atoms with Gasteiger partial charge in [0.15, 0.2) is 0 Å². The van der Waals surface area contributed by atoms with Crippen LogP contribution in [0.2, 0.25) is 0 Å². The fourth-order valence-corrected chi connectivity index (χ4v) is 2.79. The van der Waals surface area contributed by atoms with Gasteiger partial charge in [-0.25, -0.2) is 4.98 Å². The second kappa shape index (κ2) is 5.72. The van der Waals surface area contributed by atoms with Crippen molar-refractivity contribution in [2.24, 2.45) is 5.92 Å². The lowest BCUT2D eigenvalue weighted by Gasteiger charge is -2.17. The van der Waals surface area contributed by atoms with E-state index in [-0.39, 0.29) is 17.9 Å². The molecule has 4 heteroatoms. The number of benzene rings is 1. The summed E-state index contributed by atoms with van der Waals surface area (Å²) in [6.45, 7) is 4.13. The smallest absolute Gasteiger partial charge is 0.224 e. The molecule has 0 fully saturated rings. The van der Waals surface area contributed by atoms with Crippen molar-refractivity contribution in [3.63, 3.8) is 0 Å². The molecule has 1 aromatic heterocycles. The first-order valence-electron chi connectivity index (χ1n) is 7.59. The highest BCUT2D eigenvalue weighted by molar-refractivity contribution is 5.80. The van der Waals surface area contributed by atoms with Crippen LogP contribution in [0.3, 0.4) is 0 Å². The molecule has 1 heterocycles. The van der Waals surface area contributed by atoms with E-state index in [1.165, 1.54) is 5.56 Å². The number of carbonyl (C=O) groups excluding carboxylic acids is 1. The van der Waals surface area contributed by atoms with E-state index in [9.17, 15) is 4.79 Å². The van der Waals surface area contributed by atoms with Crippen LogP contribution in [0.15, 0.2) is 30.4 Å². The Morgan fingerprint density at radius 1 is 1.43 bits per heavy atom. The lowest BCUT2D eigenvalue weighted by Crippen LogP contribution is -2.33. The van der Waals surface area contributed by atoms with Gasteiger partial charge in [0.05, 0.1) is 17.1 Å². The van der Waals surface area contributed by atoms with Gasteiger partial charge < -0.3 is 10.3 Å². The SMILES string of the molecule is CC[C@@H](NC(=O)C1CC=CC1)c1nc2ccc(C)cc2[nH]1. The van der Waals surface area contributed by atoms with Gasteiger partial charge in [0.25, 0.3) is 0 Å². The van der Waals surface area contributed by atoms with Crippen molar-refractivity contribution in [2.45, 2.75) is 39.2 Å². The molecule has 0 saturated carbocycles. The highest BCUT2D eigenvalue weighted by Gasteiger charge is 2.23. The normalized spacial score (nSPS) is 16.5. The number of allylic oxidation sites excluding steroid dienone is 2. The van der Waals surface area contributed by atoms with E-state index >= 15 is 0 Å². The first kappa shape index (κ1) is 13.9. The summed E-state index contributed by atoms with van der Waals surface area (Å²) < 4.78 is 0. The molecule has 0 saturated heterocycles. The van der Waals surface area contributed by atoms with Gasteiger partial charge in [0.1, 0.15) is 5.82 Å². The molecule has 1 atom stereocenters. The Labute approximate surface area is 124 Å². The molecular weight excluding hydrogens is 262 g/mol. The summed E-state index contributed by atoms with van der Waals surface area (Å²) in [5.41, 5.74) is 3.18. The highest BCUT2D eigenvalue weighted by Crippen LogP contribution is 2.22. The van der Waals surface area contributed by atoms with Crippen molar-refractivity contribution >= 4 is 16.9 Å². The number of carbonyl (C=O) groups is 1. The summed E-state index contributed by atoms with van der Waals surface area (Å²) in [4.78, 5) is 20.2. The van der Waals surface area contributed by atoms with E-state index in [0.717, 1.165) is 36.1 Å². The van der Waals surface area contributed by atoms with Gasteiger partial charge in [-0.05, 0) is 43.9 Å². The van der Waals surface area contributed by atoms with Crippen molar-refractivity contribution in [3.05, 3.63) is 41.7 Å². The fraction of sp³-hybridized carbons (Fsp3) is 0.412. The van der Waals surface area contributed by atoms with Crippen molar-refractivity contribution in [1.29, 1.82) is 0 Å². The number of aromatic nitrogens is 2. The summed E-state index contributed by atoms with van der Waals surface area (Å²) in [6, 6.07) is 6.10. The van der Waals surface area contributed by atoms with E-state index in [2.05, 4.69) is 53.4 Å². The average Bonchev–Trinajstić information content (AvgIpc) is 3.12. The first-order valence-corrected chi connectivity index (χ1v) is 7.59. The number of H-pyrrole nitrogens is 1. The number of hydrogen-bond donors (Lipinski definition) is 2. The van der Waals surface area contributed by atoms with Gasteiger partial charge in [-0.2, -0.15) is 0 Å². The summed E-state index contributed by atoms with van der Waals surface area (Å²) in [6.07, 6.45) is 6.68. The standard InChI is InChI=1S/C17H21N3O/c1-3-13(20-17(21)12-6-4-5-7-12)16-18-14-9-8-11(2)10-15(14)19-16/h4-5,8-10,12-13H,3,6-7H2,1-2H3,(H,18,19)(H,20,21)/t13-/m1/s1. The number of aryl methyl sites for hydroxylation is 1. The number of aromatic amines is 1. The van der Waals surface area contributed by atoms with Gasteiger partial charge in [-0.3, -0.25) is 4.79 Å².